The molecule has 0 atom stereocenters. The monoisotopic (exact) mass is 330 g/mol. The van der Waals surface area contributed by atoms with E-state index in [1.165, 1.54) is 11.3 Å². The van der Waals surface area contributed by atoms with Gasteiger partial charge in [0.15, 0.2) is 5.13 Å². The zero-order chi connectivity index (χ0) is 13.1. The van der Waals surface area contributed by atoms with Crippen molar-refractivity contribution < 1.29 is 9.90 Å². The Kier molecular flexibility index (Phi) is 3.97. The quantitative estimate of drug-likeness (QED) is 0.902. The molecule has 0 fully saturated rings. The minimum Gasteiger partial charge on any atom is -0.480 e. The molecule has 2 aromatic heterocycles. The summed E-state index contributed by atoms with van der Waals surface area (Å²) in [7, 11) is 1.71. The minimum atomic E-state index is -0.870. The number of carbonyl (C=O) groups is 1. The molecule has 6 nitrogen and oxygen atoms in total. The summed E-state index contributed by atoms with van der Waals surface area (Å²) in [5, 5.41) is 13.6. The first kappa shape index (κ1) is 13.0. The van der Waals surface area contributed by atoms with Crippen LogP contribution in [0.4, 0.5) is 5.13 Å². The number of nitrogens with zero attached hydrogens (tertiary/aromatic N) is 4. The molecule has 1 N–H and O–H groups in total. The summed E-state index contributed by atoms with van der Waals surface area (Å²) >= 11 is 4.79. The van der Waals surface area contributed by atoms with Gasteiger partial charge in [0.05, 0.1) is 17.2 Å². The van der Waals surface area contributed by atoms with E-state index in [9.17, 15) is 4.79 Å². The highest BCUT2D eigenvalue weighted by Gasteiger charge is 2.10. The number of aliphatic carboxylic acids is 1. The van der Waals surface area contributed by atoms with E-state index in [-0.39, 0.29) is 6.54 Å². The standard InChI is InChI=1S/C10H11BrN4O2S/c1-14(6-9(16)17)10-12-3-8(18-10)5-15-4-7(11)2-13-15/h2-4H,5-6H2,1H3,(H,16,17). The highest BCUT2D eigenvalue weighted by atomic mass is 79.9. The number of aromatic nitrogens is 3. The maximum atomic E-state index is 10.6. The van der Waals surface area contributed by atoms with E-state index in [0.29, 0.717) is 11.7 Å². The third-order valence-electron chi connectivity index (χ3n) is 2.16. The van der Waals surface area contributed by atoms with Crippen molar-refractivity contribution in [1.29, 1.82) is 0 Å². The average Bonchev–Trinajstić information content (AvgIpc) is 2.87. The van der Waals surface area contributed by atoms with Crippen LogP contribution >= 0.6 is 27.3 Å². The number of halogens is 1. The average molecular weight is 331 g/mol. The van der Waals surface area contributed by atoms with Crippen molar-refractivity contribution in [2.24, 2.45) is 0 Å². The molecule has 0 aliphatic carbocycles. The molecular weight excluding hydrogens is 320 g/mol. The van der Waals surface area contributed by atoms with Crippen LogP contribution < -0.4 is 4.90 Å². The Morgan fingerprint density at radius 2 is 2.39 bits per heavy atom. The molecule has 0 spiro atoms. The highest BCUT2D eigenvalue weighted by molar-refractivity contribution is 9.10. The van der Waals surface area contributed by atoms with Gasteiger partial charge in [-0.05, 0) is 15.9 Å². The lowest BCUT2D eigenvalue weighted by Gasteiger charge is -2.11. The Balaban J connectivity index is 2.03. The van der Waals surface area contributed by atoms with E-state index in [2.05, 4.69) is 26.0 Å². The van der Waals surface area contributed by atoms with E-state index >= 15 is 0 Å². The number of likely N-dealkylation sites (N-methyl/N-ethyl adjacent to an activating group) is 1. The molecule has 18 heavy (non-hydrogen) atoms. The molecule has 0 aliphatic rings. The zero-order valence-corrected chi connectivity index (χ0v) is 12.0. The molecule has 2 heterocycles. The molecule has 0 bridgehead atoms. The summed E-state index contributed by atoms with van der Waals surface area (Å²) in [5.41, 5.74) is 0. The van der Waals surface area contributed by atoms with E-state index in [1.54, 1.807) is 29.0 Å². The second-order valence-electron chi connectivity index (χ2n) is 3.72. The largest absolute Gasteiger partial charge is 0.480 e. The minimum absolute atomic E-state index is 0.0553. The number of carboxylic acids is 1. The van der Waals surface area contributed by atoms with Crippen molar-refractivity contribution in [3.8, 4) is 0 Å². The van der Waals surface area contributed by atoms with Crippen molar-refractivity contribution in [3.63, 3.8) is 0 Å². The van der Waals surface area contributed by atoms with Crippen molar-refractivity contribution in [2.75, 3.05) is 18.5 Å². The van der Waals surface area contributed by atoms with E-state index in [0.717, 1.165) is 9.35 Å². The fraction of sp³-hybridized carbons (Fsp3) is 0.300. The number of anilines is 1. The number of thiazole rings is 1. The maximum Gasteiger partial charge on any atom is 0.323 e. The first-order valence-corrected chi connectivity index (χ1v) is 6.71. The summed E-state index contributed by atoms with van der Waals surface area (Å²) in [6.07, 6.45) is 5.34. The Labute approximate surface area is 116 Å². The van der Waals surface area contributed by atoms with Crippen molar-refractivity contribution in [3.05, 3.63) is 27.9 Å². The maximum absolute atomic E-state index is 10.6. The number of carboxylic acid groups (broad SMARTS) is 1. The number of hydrogen-bond acceptors (Lipinski definition) is 5. The molecular formula is C10H11BrN4O2S. The Morgan fingerprint density at radius 3 is 3.00 bits per heavy atom. The second kappa shape index (κ2) is 5.49. The Bertz CT molecular complexity index is 554. The molecule has 0 saturated carbocycles. The summed E-state index contributed by atoms with van der Waals surface area (Å²) in [4.78, 5) is 17.4. The summed E-state index contributed by atoms with van der Waals surface area (Å²) < 4.78 is 2.72. The van der Waals surface area contributed by atoms with Crippen LogP contribution in [0.5, 0.6) is 0 Å². The van der Waals surface area contributed by atoms with Crippen LogP contribution in [0.25, 0.3) is 0 Å². The zero-order valence-electron chi connectivity index (χ0n) is 9.58. The van der Waals surface area contributed by atoms with Gasteiger partial charge in [0.25, 0.3) is 0 Å². The second-order valence-corrected chi connectivity index (χ2v) is 5.72. The molecule has 2 aromatic rings. The van der Waals surface area contributed by atoms with E-state index in [1.807, 2.05) is 6.20 Å². The Morgan fingerprint density at radius 1 is 1.61 bits per heavy atom. The predicted octanol–water partition coefficient (Wildman–Crippen LogP) is 1.67. The van der Waals surface area contributed by atoms with Crippen molar-refractivity contribution >= 4 is 38.4 Å². The van der Waals surface area contributed by atoms with Gasteiger partial charge in [-0.1, -0.05) is 11.3 Å². The van der Waals surface area contributed by atoms with Crippen molar-refractivity contribution in [1.82, 2.24) is 14.8 Å². The number of hydrogen-bond donors (Lipinski definition) is 1. The number of rotatable bonds is 5. The van der Waals surface area contributed by atoms with Crippen LogP contribution in [0, 0.1) is 0 Å². The first-order valence-electron chi connectivity index (χ1n) is 5.10. The lowest BCUT2D eigenvalue weighted by molar-refractivity contribution is -0.135. The molecule has 0 radical (unpaired) electrons. The van der Waals surface area contributed by atoms with Gasteiger partial charge >= 0.3 is 5.97 Å². The topological polar surface area (TPSA) is 71.2 Å². The van der Waals surface area contributed by atoms with Crippen LogP contribution in [0.2, 0.25) is 0 Å². The first-order chi connectivity index (χ1) is 8.54. The predicted molar refractivity (Wildman–Crippen MR) is 72.0 cm³/mol. The lowest BCUT2D eigenvalue weighted by Crippen LogP contribution is -2.24. The fourth-order valence-corrected chi connectivity index (χ4v) is 2.59. The highest BCUT2D eigenvalue weighted by Crippen LogP contribution is 2.22. The van der Waals surface area contributed by atoms with Crippen LogP contribution in [0.15, 0.2) is 23.1 Å². The van der Waals surface area contributed by atoms with Crippen molar-refractivity contribution in [2.45, 2.75) is 6.54 Å². The summed E-state index contributed by atoms with van der Waals surface area (Å²) in [6, 6.07) is 0. The molecule has 0 amide bonds. The third-order valence-corrected chi connectivity index (χ3v) is 3.67. The van der Waals surface area contributed by atoms with Gasteiger partial charge in [-0.25, -0.2) is 4.98 Å². The molecule has 0 unspecified atom stereocenters. The third kappa shape index (κ3) is 3.30. The van der Waals surface area contributed by atoms with Crippen LogP contribution in [-0.4, -0.2) is 39.4 Å². The SMILES string of the molecule is CN(CC(=O)O)c1ncc(Cn2cc(Br)cn2)s1. The van der Waals surface area contributed by atoms with Crippen LogP contribution in [-0.2, 0) is 11.3 Å². The van der Waals surface area contributed by atoms with Gasteiger partial charge < -0.3 is 10.0 Å². The molecule has 96 valence electrons. The molecule has 0 aromatic carbocycles. The van der Waals surface area contributed by atoms with E-state index < -0.39 is 5.97 Å². The smallest absolute Gasteiger partial charge is 0.323 e. The van der Waals surface area contributed by atoms with Crippen LogP contribution in [0.1, 0.15) is 4.88 Å². The van der Waals surface area contributed by atoms with Gasteiger partial charge in [0, 0.05) is 24.3 Å². The summed E-state index contributed by atoms with van der Waals surface area (Å²) in [5.74, 6) is -0.870. The van der Waals surface area contributed by atoms with Gasteiger partial charge in [0.1, 0.15) is 6.54 Å². The van der Waals surface area contributed by atoms with Gasteiger partial charge in [-0.15, -0.1) is 0 Å². The van der Waals surface area contributed by atoms with Gasteiger partial charge in [-0.2, -0.15) is 5.10 Å². The van der Waals surface area contributed by atoms with Gasteiger partial charge in [-0.3, -0.25) is 9.48 Å². The Hall–Kier alpha value is -1.41. The lowest BCUT2D eigenvalue weighted by atomic mass is 10.5. The van der Waals surface area contributed by atoms with Crippen LogP contribution in [0.3, 0.4) is 0 Å². The summed E-state index contributed by atoms with van der Waals surface area (Å²) in [6.45, 7) is 0.574. The molecule has 0 aliphatic heterocycles. The van der Waals surface area contributed by atoms with Gasteiger partial charge in [0.2, 0.25) is 0 Å². The van der Waals surface area contributed by atoms with E-state index in [4.69, 9.17) is 5.11 Å². The molecule has 0 saturated heterocycles. The normalized spacial score (nSPS) is 10.6. The molecule has 2 rings (SSSR count). The molecule has 8 heteroatoms. The fourth-order valence-electron chi connectivity index (χ4n) is 1.40.